The fourth-order valence-corrected chi connectivity index (χ4v) is 3.49. The highest BCUT2D eigenvalue weighted by molar-refractivity contribution is 7.99. The van der Waals surface area contributed by atoms with Gasteiger partial charge >= 0.3 is 6.09 Å². The van der Waals surface area contributed by atoms with Crippen LogP contribution < -0.4 is 10.6 Å². The number of ether oxygens (including phenoxy) is 1. The molecule has 0 heterocycles. The standard InChI is InChI=1S/C21H23F3N2O3S/c1-4-25-21(28)29-10-12(2)11-30-18-7-14(6-5-13(18)3)20(27)26-15-8-16(22)19(24)17(23)9-15/h5-9,12H,4,10-11H2,1-3H3,(H,25,28)(H,26,27). The average molecular weight is 440 g/mol. The van der Waals surface area contributed by atoms with Crippen LogP contribution in [-0.2, 0) is 4.74 Å². The quantitative estimate of drug-likeness (QED) is 0.441. The molecule has 9 heteroatoms. The summed E-state index contributed by atoms with van der Waals surface area (Å²) in [4.78, 5) is 24.6. The SMILES string of the molecule is CCNC(=O)OCC(C)CSc1cc(C(=O)Nc2cc(F)c(F)c(F)c2)ccc1C. The Balaban J connectivity index is 2.00. The molecule has 1 unspecified atom stereocenters. The Bertz CT molecular complexity index is 901. The van der Waals surface area contributed by atoms with Crippen molar-refractivity contribution in [1.29, 1.82) is 0 Å². The van der Waals surface area contributed by atoms with Crippen LogP contribution >= 0.6 is 11.8 Å². The highest BCUT2D eigenvalue weighted by Gasteiger charge is 2.15. The number of anilines is 1. The normalized spacial score (nSPS) is 11.7. The van der Waals surface area contributed by atoms with Gasteiger partial charge in [0.1, 0.15) is 0 Å². The third-order valence-corrected chi connectivity index (χ3v) is 5.52. The summed E-state index contributed by atoms with van der Waals surface area (Å²) in [7, 11) is 0. The van der Waals surface area contributed by atoms with E-state index in [9.17, 15) is 22.8 Å². The molecule has 0 aliphatic rings. The van der Waals surface area contributed by atoms with Crippen molar-refractivity contribution in [1.82, 2.24) is 5.32 Å². The molecule has 2 aromatic carbocycles. The summed E-state index contributed by atoms with van der Waals surface area (Å²) in [6.45, 7) is 6.39. The van der Waals surface area contributed by atoms with Crippen LogP contribution in [0.2, 0.25) is 0 Å². The average Bonchev–Trinajstić information content (AvgIpc) is 2.70. The van der Waals surface area contributed by atoms with Crippen molar-refractivity contribution in [3.05, 3.63) is 58.9 Å². The predicted octanol–water partition coefficient (Wildman–Crippen LogP) is 5.14. The number of hydrogen-bond acceptors (Lipinski definition) is 4. The van der Waals surface area contributed by atoms with Gasteiger partial charge in [0.25, 0.3) is 5.91 Å². The molecule has 0 saturated carbocycles. The van der Waals surface area contributed by atoms with E-state index in [1.54, 1.807) is 25.1 Å². The summed E-state index contributed by atoms with van der Waals surface area (Å²) in [5.41, 5.74) is 1.06. The number of alkyl carbamates (subject to hydrolysis) is 1. The topological polar surface area (TPSA) is 67.4 Å². The van der Waals surface area contributed by atoms with E-state index >= 15 is 0 Å². The third-order valence-electron chi connectivity index (χ3n) is 4.04. The zero-order valence-electron chi connectivity index (χ0n) is 16.9. The number of carbonyl (C=O) groups is 2. The molecule has 30 heavy (non-hydrogen) atoms. The summed E-state index contributed by atoms with van der Waals surface area (Å²) in [6.07, 6.45) is -0.460. The first-order chi connectivity index (χ1) is 14.2. The van der Waals surface area contributed by atoms with Crippen LogP contribution in [0.1, 0.15) is 29.8 Å². The summed E-state index contributed by atoms with van der Waals surface area (Å²) in [5.74, 6) is -4.19. The van der Waals surface area contributed by atoms with Crippen molar-refractivity contribution in [2.24, 2.45) is 5.92 Å². The van der Waals surface area contributed by atoms with Crippen LogP contribution in [0.3, 0.4) is 0 Å². The Morgan fingerprint density at radius 2 is 1.80 bits per heavy atom. The van der Waals surface area contributed by atoms with E-state index in [0.29, 0.717) is 17.9 Å². The van der Waals surface area contributed by atoms with E-state index in [0.717, 1.165) is 22.6 Å². The van der Waals surface area contributed by atoms with Crippen LogP contribution in [0.25, 0.3) is 0 Å². The lowest BCUT2D eigenvalue weighted by Crippen LogP contribution is -2.26. The van der Waals surface area contributed by atoms with E-state index in [1.165, 1.54) is 11.8 Å². The van der Waals surface area contributed by atoms with Crippen LogP contribution in [0.15, 0.2) is 35.2 Å². The van der Waals surface area contributed by atoms with Gasteiger partial charge in [-0.05, 0) is 37.5 Å². The molecule has 0 fully saturated rings. The van der Waals surface area contributed by atoms with E-state index in [2.05, 4.69) is 10.6 Å². The van der Waals surface area contributed by atoms with Crippen molar-refractivity contribution in [3.63, 3.8) is 0 Å². The first kappa shape index (κ1) is 23.6. The Morgan fingerprint density at radius 3 is 2.43 bits per heavy atom. The van der Waals surface area contributed by atoms with Crippen molar-refractivity contribution >= 4 is 29.4 Å². The first-order valence-corrected chi connectivity index (χ1v) is 10.3. The molecule has 2 amide bonds. The molecule has 0 aromatic heterocycles. The molecule has 0 radical (unpaired) electrons. The molecular weight excluding hydrogens is 417 g/mol. The van der Waals surface area contributed by atoms with E-state index < -0.39 is 29.5 Å². The number of thioether (sulfide) groups is 1. The van der Waals surface area contributed by atoms with Crippen molar-refractivity contribution in [2.75, 3.05) is 24.2 Å². The van der Waals surface area contributed by atoms with E-state index in [4.69, 9.17) is 4.74 Å². The minimum atomic E-state index is -1.59. The minimum absolute atomic E-state index is 0.0830. The van der Waals surface area contributed by atoms with Gasteiger partial charge in [0.05, 0.1) is 6.61 Å². The van der Waals surface area contributed by atoms with Gasteiger partial charge in [0, 0.05) is 40.6 Å². The van der Waals surface area contributed by atoms with Gasteiger partial charge in [-0.25, -0.2) is 18.0 Å². The van der Waals surface area contributed by atoms with Crippen LogP contribution in [0.5, 0.6) is 0 Å². The summed E-state index contributed by atoms with van der Waals surface area (Å²) >= 11 is 1.50. The van der Waals surface area contributed by atoms with Crippen LogP contribution in [0.4, 0.5) is 23.7 Å². The number of aryl methyl sites for hydroxylation is 1. The second-order valence-electron chi connectivity index (χ2n) is 6.73. The second-order valence-corrected chi connectivity index (χ2v) is 7.80. The molecule has 2 rings (SSSR count). The van der Waals surface area contributed by atoms with Gasteiger partial charge in [-0.2, -0.15) is 0 Å². The number of carbonyl (C=O) groups excluding carboxylic acids is 2. The fourth-order valence-electron chi connectivity index (χ4n) is 2.42. The maximum Gasteiger partial charge on any atom is 0.407 e. The molecular formula is C21H23F3N2O3S. The van der Waals surface area contributed by atoms with Gasteiger partial charge in [-0.15, -0.1) is 11.8 Å². The maximum absolute atomic E-state index is 13.3. The van der Waals surface area contributed by atoms with Gasteiger partial charge in [-0.1, -0.05) is 13.0 Å². The predicted molar refractivity (Wildman–Crippen MR) is 110 cm³/mol. The molecule has 2 N–H and O–H groups in total. The lowest BCUT2D eigenvalue weighted by molar-refractivity contribution is 0.102. The van der Waals surface area contributed by atoms with Gasteiger partial charge in [-0.3, -0.25) is 4.79 Å². The number of benzene rings is 2. The van der Waals surface area contributed by atoms with E-state index in [-0.39, 0.29) is 18.2 Å². The summed E-state index contributed by atoms with van der Waals surface area (Å²) in [5, 5.41) is 4.92. The second kappa shape index (κ2) is 10.9. The molecule has 5 nitrogen and oxygen atoms in total. The first-order valence-electron chi connectivity index (χ1n) is 9.31. The van der Waals surface area contributed by atoms with E-state index in [1.807, 2.05) is 13.8 Å². The molecule has 1 atom stereocenters. The maximum atomic E-state index is 13.3. The highest BCUT2D eigenvalue weighted by atomic mass is 32.2. The molecule has 162 valence electrons. The lowest BCUT2D eigenvalue weighted by Gasteiger charge is -2.14. The molecule has 0 aliphatic heterocycles. The summed E-state index contributed by atoms with van der Waals surface area (Å²) < 4.78 is 44.8. The van der Waals surface area contributed by atoms with Gasteiger partial charge in [0.2, 0.25) is 0 Å². The highest BCUT2D eigenvalue weighted by Crippen LogP contribution is 2.26. The number of rotatable bonds is 8. The van der Waals surface area contributed by atoms with Crippen molar-refractivity contribution in [2.45, 2.75) is 25.7 Å². The third kappa shape index (κ3) is 6.69. The molecule has 0 saturated heterocycles. The number of halogens is 3. The lowest BCUT2D eigenvalue weighted by atomic mass is 10.1. The Labute approximate surface area is 177 Å². The van der Waals surface area contributed by atoms with Crippen LogP contribution in [-0.4, -0.2) is 30.9 Å². The molecule has 0 aliphatic carbocycles. The Hall–Kier alpha value is -2.68. The molecule has 2 aromatic rings. The fraction of sp³-hybridized carbons (Fsp3) is 0.333. The monoisotopic (exact) mass is 440 g/mol. The Kier molecular flexibility index (Phi) is 8.58. The zero-order valence-corrected chi connectivity index (χ0v) is 17.7. The number of nitrogens with one attached hydrogen (secondary N) is 2. The van der Waals surface area contributed by atoms with Crippen LogP contribution in [0, 0.1) is 30.3 Å². The minimum Gasteiger partial charge on any atom is -0.449 e. The Morgan fingerprint density at radius 1 is 1.13 bits per heavy atom. The summed E-state index contributed by atoms with van der Waals surface area (Å²) in [6, 6.07) is 6.46. The smallest absolute Gasteiger partial charge is 0.407 e. The van der Waals surface area contributed by atoms with Gasteiger partial charge in [0.15, 0.2) is 17.5 Å². The zero-order chi connectivity index (χ0) is 22.3. The van der Waals surface area contributed by atoms with Crippen molar-refractivity contribution in [3.8, 4) is 0 Å². The van der Waals surface area contributed by atoms with Gasteiger partial charge < -0.3 is 15.4 Å². The largest absolute Gasteiger partial charge is 0.449 e. The molecule has 0 spiro atoms. The van der Waals surface area contributed by atoms with Crippen molar-refractivity contribution < 1.29 is 27.5 Å². The number of hydrogen-bond donors (Lipinski definition) is 2. The molecule has 0 bridgehead atoms. The number of amides is 2.